The maximum absolute atomic E-state index is 8.92. The summed E-state index contributed by atoms with van der Waals surface area (Å²) < 4.78 is 5.45. The zero-order valence-electron chi connectivity index (χ0n) is 11.2. The zero-order chi connectivity index (χ0) is 12.8. The second-order valence-corrected chi connectivity index (χ2v) is 5.17. The maximum atomic E-state index is 8.92. The van der Waals surface area contributed by atoms with Crippen molar-refractivity contribution in [3.63, 3.8) is 0 Å². The van der Waals surface area contributed by atoms with Gasteiger partial charge in [-0.05, 0) is 45.0 Å². The normalized spacial score (nSPS) is 19.0. The van der Waals surface area contributed by atoms with Gasteiger partial charge in [0.2, 0.25) is 0 Å². The molecule has 0 aromatic carbocycles. The first-order valence-corrected chi connectivity index (χ1v) is 6.92. The molecule has 1 unspecified atom stereocenters. The maximum Gasteiger partial charge on any atom is 0.129 e. The summed E-state index contributed by atoms with van der Waals surface area (Å²) in [5, 5.41) is 12.4. The van der Waals surface area contributed by atoms with E-state index in [1.165, 1.54) is 32.4 Å². The highest BCUT2D eigenvalue weighted by atomic mass is 16.4. The van der Waals surface area contributed by atoms with Crippen molar-refractivity contribution < 1.29 is 9.52 Å². The summed E-state index contributed by atoms with van der Waals surface area (Å²) in [6.45, 7) is 6.50. The highest BCUT2D eigenvalue weighted by molar-refractivity contribution is 5.06. The summed E-state index contributed by atoms with van der Waals surface area (Å²) in [6.07, 6.45) is 4.06. The van der Waals surface area contributed by atoms with E-state index in [-0.39, 0.29) is 6.61 Å². The highest BCUT2D eigenvalue weighted by Gasteiger charge is 2.13. The Labute approximate surface area is 109 Å². The number of aliphatic hydroxyl groups excluding tert-OH is 1. The Balaban J connectivity index is 1.68. The minimum Gasteiger partial charge on any atom is -0.462 e. The summed E-state index contributed by atoms with van der Waals surface area (Å²) in [7, 11) is 0. The molecular weight excluding hydrogens is 228 g/mol. The smallest absolute Gasteiger partial charge is 0.129 e. The van der Waals surface area contributed by atoms with E-state index in [4.69, 9.17) is 9.52 Å². The van der Waals surface area contributed by atoms with Gasteiger partial charge in [0.05, 0.1) is 6.54 Å². The van der Waals surface area contributed by atoms with Crippen molar-refractivity contribution in [1.29, 1.82) is 0 Å². The van der Waals surface area contributed by atoms with Crippen molar-refractivity contribution in [3.8, 4) is 0 Å². The summed E-state index contributed by atoms with van der Waals surface area (Å²) in [6, 6.07) is 4.21. The molecule has 1 aromatic heterocycles. The van der Waals surface area contributed by atoms with E-state index in [9.17, 15) is 0 Å². The predicted molar refractivity (Wildman–Crippen MR) is 71.2 cm³/mol. The van der Waals surface area contributed by atoms with E-state index in [1.54, 1.807) is 0 Å². The summed E-state index contributed by atoms with van der Waals surface area (Å²) in [5.74, 6) is 1.53. The topological polar surface area (TPSA) is 48.6 Å². The van der Waals surface area contributed by atoms with Gasteiger partial charge in [0.1, 0.15) is 18.1 Å². The largest absolute Gasteiger partial charge is 0.462 e. The SMILES string of the molecule is CC(CN1CCCCC1)NCc1ccc(CO)o1. The fourth-order valence-corrected chi connectivity index (χ4v) is 2.47. The lowest BCUT2D eigenvalue weighted by molar-refractivity contribution is 0.206. The third-order valence-electron chi connectivity index (χ3n) is 3.48. The van der Waals surface area contributed by atoms with Crippen LogP contribution in [0.5, 0.6) is 0 Å². The van der Waals surface area contributed by atoms with Gasteiger partial charge >= 0.3 is 0 Å². The lowest BCUT2D eigenvalue weighted by atomic mass is 10.1. The predicted octanol–water partition coefficient (Wildman–Crippen LogP) is 1.74. The quantitative estimate of drug-likeness (QED) is 0.809. The standard InChI is InChI=1S/C14H24N2O2/c1-12(10-16-7-3-2-4-8-16)15-9-13-5-6-14(11-17)18-13/h5-6,12,15,17H,2-4,7-11H2,1H3. The third kappa shape index (κ3) is 4.12. The van der Waals surface area contributed by atoms with E-state index >= 15 is 0 Å². The van der Waals surface area contributed by atoms with Crippen LogP contribution in [0, 0.1) is 0 Å². The molecule has 1 aliphatic heterocycles. The van der Waals surface area contributed by atoms with E-state index in [0.717, 1.165) is 18.8 Å². The average molecular weight is 252 g/mol. The molecule has 0 radical (unpaired) electrons. The van der Waals surface area contributed by atoms with Crippen molar-refractivity contribution in [2.75, 3.05) is 19.6 Å². The number of nitrogens with one attached hydrogen (secondary N) is 1. The minimum atomic E-state index is -0.0245. The lowest BCUT2D eigenvalue weighted by Crippen LogP contribution is -2.41. The van der Waals surface area contributed by atoms with Crippen molar-refractivity contribution in [2.24, 2.45) is 0 Å². The lowest BCUT2D eigenvalue weighted by Gasteiger charge is -2.29. The molecule has 0 bridgehead atoms. The molecule has 2 rings (SSSR count). The summed E-state index contributed by atoms with van der Waals surface area (Å²) in [5.41, 5.74) is 0. The van der Waals surface area contributed by atoms with E-state index in [2.05, 4.69) is 17.1 Å². The fraction of sp³-hybridized carbons (Fsp3) is 0.714. The van der Waals surface area contributed by atoms with Crippen LogP contribution in [0.25, 0.3) is 0 Å². The van der Waals surface area contributed by atoms with Crippen LogP contribution >= 0.6 is 0 Å². The Morgan fingerprint density at radius 1 is 1.28 bits per heavy atom. The van der Waals surface area contributed by atoms with Crippen LogP contribution in [-0.4, -0.2) is 35.7 Å². The minimum absolute atomic E-state index is 0.0245. The Bertz CT molecular complexity index is 345. The number of aliphatic hydroxyl groups is 1. The van der Waals surface area contributed by atoms with Gasteiger partial charge in [-0.1, -0.05) is 6.42 Å². The Kier molecular flexibility index (Phi) is 5.23. The first kappa shape index (κ1) is 13.6. The number of piperidine rings is 1. The molecule has 2 heterocycles. The Morgan fingerprint density at radius 2 is 2.00 bits per heavy atom. The van der Waals surface area contributed by atoms with Gasteiger partial charge in [0.25, 0.3) is 0 Å². The van der Waals surface area contributed by atoms with Gasteiger partial charge in [0, 0.05) is 12.6 Å². The zero-order valence-corrected chi connectivity index (χ0v) is 11.2. The van der Waals surface area contributed by atoms with E-state index in [0.29, 0.717) is 11.8 Å². The molecule has 1 aromatic rings. The van der Waals surface area contributed by atoms with Crippen molar-refractivity contribution in [2.45, 2.75) is 45.4 Å². The Morgan fingerprint density at radius 3 is 2.67 bits per heavy atom. The van der Waals surface area contributed by atoms with Gasteiger partial charge in [-0.3, -0.25) is 0 Å². The molecule has 1 aliphatic rings. The molecule has 0 aliphatic carbocycles. The van der Waals surface area contributed by atoms with E-state index in [1.807, 2.05) is 12.1 Å². The molecule has 0 spiro atoms. The van der Waals surface area contributed by atoms with E-state index < -0.39 is 0 Å². The molecule has 1 atom stereocenters. The monoisotopic (exact) mass is 252 g/mol. The molecule has 18 heavy (non-hydrogen) atoms. The highest BCUT2D eigenvalue weighted by Crippen LogP contribution is 2.10. The Hall–Kier alpha value is -0.840. The average Bonchev–Trinajstić information content (AvgIpc) is 2.85. The van der Waals surface area contributed by atoms with Crippen LogP contribution in [0.15, 0.2) is 16.5 Å². The van der Waals surface area contributed by atoms with Crippen molar-refractivity contribution in [1.82, 2.24) is 10.2 Å². The molecule has 1 fully saturated rings. The van der Waals surface area contributed by atoms with Gasteiger partial charge in [0.15, 0.2) is 0 Å². The van der Waals surface area contributed by atoms with Crippen molar-refractivity contribution in [3.05, 3.63) is 23.7 Å². The molecule has 1 saturated heterocycles. The molecule has 4 heteroatoms. The molecule has 2 N–H and O–H groups in total. The van der Waals surface area contributed by atoms with Crippen LogP contribution in [0.4, 0.5) is 0 Å². The van der Waals surface area contributed by atoms with Crippen LogP contribution in [0.2, 0.25) is 0 Å². The number of hydrogen-bond donors (Lipinski definition) is 2. The number of hydrogen-bond acceptors (Lipinski definition) is 4. The first-order valence-electron chi connectivity index (χ1n) is 6.92. The van der Waals surface area contributed by atoms with Crippen LogP contribution in [-0.2, 0) is 13.2 Å². The molecule has 0 saturated carbocycles. The van der Waals surface area contributed by atoms with Gasteiger partial charge in [-0.25, -0.2) is 0 Å². The molecule has 4 nitrogen and oxygen atoms in total. The number of furan rings is 1. The second kappa shape index (κ2) is 6.92. The summed E-state index contributed by atoms with van der Waals surface area (Å²) in [4.78, 5) is 2.53. The van der Waals surface area contributed by atoms with Crippen LogP contribution < -0.4 is 5.32 Å². The number of rotatable bonds is 6. The molecule has 102 valence electrons. The second-order valence-electron chi connectivity index (χ2n) is 5.17. The van der Waals surface area contributed by atoms with Crippen molar-refractivity contribution >= 4 is 0 Å². The third-order valence-corrected chi connectivity index (χ3v) is 3.48. The van der Waals surface area contributed by atoms with Crippen LogP contribution in [0.3, 0.4) is 0 Å². The molecular formula is C14H24N2O2. The number of nitrogens with zero attached hydrogens (tertiary/aromatic N) is 1. The summed E-state index contributed by atoms with van der Waals surface area (Å²) >= 11 is 0. The first-order chi connectivity index (χ1) is 8.78. The van der Waals surface area contributed by atoms with Crippen LogP contribution in [0.1, 0.15) is 37.7 Å². The van der Waals surface area contributed by atoms with Gasteiger partial charge in [-0.15, -0.1) is 0 Å². The molecule has 0 amide bonds. The van der Waals surface area contributed by atoms with Gasteiger partial charge < -0.3 is 19.7 Å². The number of likely N-dealkylation sites (tertiary alicyclic amines) is 1. The van der Waals surface area contributed by atoms with Gasteiger partial charge in [-0.2, -0.15) is 0 Å². The fourth-order valence-electron chi connectivity index (χ4n) is 2.47.